The van der Waals surface area contributed by atoms with Crippen LogP contribution in [0.2, 0.25) is 0 Å². The molecule has 0 radical (unpaired) electrons. The number of aromatic nitrogens is 5. The van der Waals surface area contributed by atoms with E-state index in [-0.39, 0.29) is 37.5 Å². The summed E-state index contributed by atoms with van der Waals surface area (Å²) < 4.78 is 28.0. The maximum atomic E-state index is 15.0. The van der Waals surface area contributed by atoms with Gasteiger partial charge in [-0.2, -0.15) is 5.10 Å². The Morgan fingerprint density at radius 1 is 1.22 bits per heavy atom. The molecule has 37 heavy (non-hydrogen) atoms. The molecule has 1 N–H and O–H groups in total. The first-order chi connectivity index (χ1) is 17.5. The minimum Gasteiger partial charge on any atom is -0.457 e. The fourth-order valence-electron chi connectivity index (χ4n) is 5.07. The van der Waals surface area contributed by atoms with Crippen molar-refractivity contribution in [3.63, 3.8) is 0 Å². The molecular weight excluding hydrogens is 479 g/mol. The largest absolute Gasteiger partial charge is 0.457 e. The van der Waals surface area contributed by atoms with Gasteiger partial charge in [-0.25, -0.2) is 14.4 Å². The van der Waals surface area contributed by atoms with Crippen molar-refractivity contribution in [3.05, 3.63) is 58.3 Å². The van der Waals surface area contributed by atoms with Crippen molar-refractivity contribution in [1.29, 1.82) is 0 Å². The first-order valence-electron chi connectivity index (χ1n) is 12.0. The summed E-state index contributed by atoms with van der Waals surface area (Å²) in [6.07, 6.45) is 3.65. The van der Waals surface area contributed by atoms with Crippen LogP contribution in [0.1, 0.15) is 42.2 Å². The fourth-order valence-corrected chi connectivity index (χ4v) is 5.07. The Bertz CT molecular complexity index is 1500. The number of benzene rings is 1. The van der Waals surface area contributed by atoms with Gasteiger partial charge in [0.15, 0.2) is 6.17 Å². The highest BCUT2D eigenvalue weighted by molar-refractivity contribution is 6.07. The Morgan fingerprint density at radius 2 is 2.03 bits per heavy atom. The smallest absolute Gasteiger partial charge is 0.316 e. The zero-order valence-electron chi connectivity index (χ0n) is 19.7. The van der Waals surface area contributed by atoms with Crippen LogP contribution in [0.3, 0.4) is 0 Å². The van der Waals surface area contributed by atoms with E-state index in [1.54, 1.807) is 24.4 Å². The first-order valence-corrected chi connectivity index (χ1v) is 12.0. The Hall–Kier alpha value is -3.86. The number of halogens is 1. The number of ether oxygens (including phenoxy) is 2. The van der Waals surface area contributed by atoms with Crippen LogP contribution in [-0.4, -0.2) is 74.1 Å². The summed E-state index contributed by atoms with van der Waals surface area (Å²) in [5, 5.41) is 5.66. The zero-order valence-corrected chi connectivity index (χ0v) is 19.7. The second-order valence-electron chi connectivity index (χ2n) is 9.28. The van der Waals surface area contributed by atoms with E-state index < -0.39 is 12.3 Å². The third-order valence-electron chi connectivity index (χ3n) is 6.96. The van der Waals surface area contributed by atoms with E-state index in [1.807, 2.05) is 11.6 Å². The van der Waals surface area contributed by atoms with Crippen LogP contribution in [0.4, 0.5) is 4.39 Å². The van der Waals surface area contributed by atoms with Crippen molar-refractivity contribution in [3.8, 4) is 6.01 Å². The van der Waals surface area contributed by atoms with Crippen LogP contribution in [0, 0.1) is 6.92 Å². The number of aryl methyl sites for hydroxylation is 1. The number of hydrogen-bond acceptors (Lipinski definition) is 7. The number of H-pyrrole nitrogens is 1. The lowest BCUT2D eigenvalue weighted by molar-refractivity contribution is 0.0164. The second-order valence-corrected chi connectivity index (χ2v) is 9.28. The number of alkyl halides is 1. The molecule has 6 rings (SSSR count). The van der Waals surface area contributed by atoms with Crippen molar-refractivity contribution in [2.75, 3.05) is 26.3 Å². The Balaban J connectivity index is 0.00000280. The molecule has 3 aromatic heterocycles. The van der Waals surface area contributed by atoms with Gasteiger partial charge in [0.05, 0.1) is 41.8 Å². The molecule has 2 fully saturated rings. The summed E-state index contributed by atoms with van der Waals surface area (Å²) in [6.45, 7) is 3.22. The Morgan fingerprint density at radius 3 is 2.76 bits per heavy atom. The summed E-state index contributed by atoms with van der Waals surface area (Å²) in [5.41, 5.74) is 2.23. The molecule has 4 aromatic rings. The van der Waals surface area contributed by atoms with E-state index in [0.29, 0.717) is 53.7 Å². The van der Waals surface area contributed by atoms with Gasteiger partial charge in [0.25, 0.3) is 11.5 Å². The molecule has 0 unspecified atom stereocenters. The molecule has 0 bridgehead atoms. The number of carbonyl (C=O) groups excluding carboxylic acids is 1. The lowest BCUT2D eigenvalue weighted by Gasteiger charge is -2.34. The van der Waals surface area contributed by atoms with Gasteiger partial charge in [-0.05, 0) is 37.1 Å². The number of fused-ring (bicyclic) bond motifs is 3. The van der Waals surface area contributed by atoms with Crippen molar-refractivity contribution in [2.24, 2.45) is 0 Å². The highest BCUT2D eigenvalue weighted by Gasteiger charge is 2.34. The quantitative estimate of drug-likeness (QED) is 0.450. The molecule has 2 aliphatic heterocycles. The number of pyridine rings is 1. The molecule has 2 aliphatic rings. The fraction of sp³-hybridized carbons (Fsp3) is 0.423. The highest BCUT2D eigenvalue weighted by Crippen LogP contribution is 2.30. The number of carbonyl (C=O) groups is 1. The summed E-state index contributed by atoms with van der Waals surface area (Å²) in [5.74, 6) is -0.263. The van der Waals surface area contributed by atoms with Gasteiger partial charge in [-0.1, -0.05) is 7.43 Å². The third-order valence-corrected chi connectivity index (χ3v) is 6.96. The minimum atomic E-state index is -1.38. The molecule has 5 heterocycles. The molecule has 0 spiro atoms. The average molecular weight is 509 g/mol. The van der Waals surface area contributed by atoms with Crippen LogP contribution in [0.5, 0.6) is 6.01 Å². The minimum absolute atomic E-state index is 0. The van der Waals surface area contributed by atoms with Gasteiger partial charge in [0.1, 0.15) is 6.10 Å². The topological polar surface area (TPSA) is 115 Å². The summed E-state index contributed by atoms with van der Waals surface area (Å²) in [4.78, 5) is 38.7. The number of nitrogens with one attached hydrogen (secondary N) is 1. The number of rotatable bonds is 4. The van der Waals surface area contributed by atoms with Crippen LogP contribution in [-0.2, 0) is 4.74 Å². The standard InChI is InChI=1S/C25H25FN6O4.CH4/c1-14-9-20-17(22-18(23(33)30-20)11-29-32(22)15-4-8-35-13-15)10-16(14)24(34)31-7-3-21(19(26)12-31)36-25-27-5-2-6-28-25;/h2,5-6,9-11,15,19,21H,3-4,7-8,12-13H2,1H3,(H,30,33);1H4/t15-,19-,21+;/m0./s1. The molecule has 0 saturated carbocycles. The normalized spacial score (nSPS) is 21.8. The van der Waals surface area contributed by atoms with E-state index in [2.05, 4.69) is 20.1 Å². The number of hydrogen-bond donors (Lipinski definition) is 1. The average Bonchev–Trinajstić information content (AvgIpc) is 3.56. The van der Waals surface area contributed by atoms with Crippen molar-refractivity contribution in [1.82, 2.24) is 29.6 Å². The van der Waals surface area contributed by atoms with Gasteiger partial charge in [0.2, 0.25) is 0 Å². The predicted molar refractivity (Wildman–Crippen MR) is 136 cm³/mol. The van der Waals surface area contributed by atoms with Gasteiger partial charge in [-0.3, -0.25) is 14.3 Å². The van der Waals surface area contributed by atoms with Gasteiger partial charge in [0, 0.05) is 42.9 Å². The van der Waals surface area contributed by atoms with Crippen molar-refractivity contribution < 1.29 is 18.7 Å². The predicted octanol–water partition coefficient (Wildman–Crippen LogP) is 3.21. The van der Waals surface area contributed by atoms with Crippen LogP contribution in [0.25, 0.3) is 21.8 Å². The van der Waals surface area contributed by atoms with Crippen molar-refractivity contribution in [2.45, 2.75) is 45.5 Å². The van der Waals surface area contributed by atoms with E-state index in [4.69, 9.17) is 9.47 Å². The number of aromatic amines is 1. The number of amides is 1. The SMILES string of the molecule is C.Cc1cc2[nH]c(=O)c3cnn([C@H]4CCOC4)c3c2cc1C(=O)N1CC[C@@H](Oc2ncccn2)[C@@H](F)C1. The molecule has 11 heteroatoms. The number of likely N-dealkylation sites (tertiary alicyclic amines) is 1. The highest BCUT2D eigenvalue weighted by atomic mass is 19.1. The third kappa shape index (κ3) is 4.43. The van der Waals surface area contributed by atoms with Crippen molar-refractivity contribution >= 4 is 27.7 Å². The van der Waals surface area contributed by atoms with Gasteiger partial charge in [-0.15, -0.1) is 0 Å². The monoisotopic (exact) mass is 508 g/mol. The lowest BCUT2D eigenvalue weighted by Crippen LogP contribution is -2.49. The molecule has 0 aliphatic carbocycles. The molecular formula is C26H29FN6O4. The maximum Gasteiger partial charge on any atom is 0.316 e. The Kier molecular flexibility index (Phi) is 6.63. The lowest BCUT2D eigenvalue weighted by atomic mass is 10.00. The summed E-state index contributed by atoms with van der Waals surface area (Å²) >= 11 is 0. The molecule has 194 valence electrons. The van der Waals surface area contributed by atoms with Crippen LogP contribution in [0.15, 0.2) is 41.6 Å². The van der Waals surface area contributed by atoms with Gasteiger partial charge < -0.3 is 19.4 Å². The summed E-state index contributed by atoms with van der Waals surface area (Å²) in [6, 6.07) is 5.38. The number of nitrogens with zero attached hydrogens (tertiary/aromatic N) is 5. The molecule has 2 saturated heterocycles. The maximum absolute atomic E-state index is 15.0. The van der Waals surface area contributed by atoms with E-state index in [0.717, 1.165) is 11.8 Å². The molecule has 10 nitrogen and oxygen atoms in total. The molecule has 1 amide bonds. The summed E-state index contributed by atoms with van der Waals surface area (Å²) in [7, 11) is 0. The molecule has 3 atom stereocenters. The van der Waals surface area contributed by atoms with Gasteiger partial charge >= 0.3 is 6.01 Å². The second kappa shape index (κ2) is 9.89. The van der Waals surface area contributed by atoms with Crippen LogP contribution >= 0.6 is 0 Å². The van der Waals surface area contributed by atoms with Crippen LogP contribution < -0.4 is 10.3 Å². The Labute approximate surface area is 212 Å². The zero-order chi connectivity index (χ0) is 24.8. The first kappa shape index (κ1) is 24.8. The molecule has 1 aromatic carbocycles. The van der Waals surface area contributed by atoms with E-state index >= 15 is 4.39 Å². The van der Waals surface area contributed by atoms with E-state index in [9.17, 15) is 9.59 Å². The number of piperidine rings is 1. The van der Waals surface area contributed by atoms with E-state index in [1.165, 1.54) is 17.3 Å².